The number of Topliss-reactive ketones (excluding diaryl/α,β-unsaturated/α-hetero) is 1. The Kier molecular flexibility index (Phi) is 7.16. The number of hydrogen-bond acceptors (Lipinski definition) is 2. The summed E-state index contributed by atoms with van der Waals surface area (Å²) in [4.78, 5) is 11.9. The smallest absolute Gasteiger partial charge is 0.162 e. The zero-order valence-electron chi connectivity index (χ0n) is 11.6. The van der Waals surface area contributed by atoms with Crippen molar-refractivity contribution < 1.29 is 9.53 Å². The molecule has 0 fully saturated rings. The van der Waals surface area contributed by atoms with Gasteiger partial charge in [0.25, 0.3) is 0 Å². The Morgan fingerprint density at radius 3 is 2.22 bits per heavy atom. The molecular weight excluding hydrogens is 224 g/mol. The van der Waals surface area contributed by atoms with Crippen LogP contribution in [0.25, 0.3) is 0 Å². The molecule has 100 valence electrons. The van der Waals surface area contributed by atoms with E-state index in [0.717, 1.165) is 17.7 Å². The number of carbonyl (C=O) groups excluding carboxylic acids is 1. The molecule has 0 unspecified atom stereocenters. The van der Waals surface area contributed by atoms with Crippen LogP contribution in [0.1, 0.15) is 62.2 Å². The first-order valence-electron chi connectivity index (χ1n) is 6.95. The molecule has 2 nitrogen and oxygen atoms in total. The first kappa shape index (κ1) is 14.7. The van der Waals surface area contributed by atoms with Crippen LogP contribution < -0.4 is 4.74 Å². The number of rotatable bonds is 9. The Balaban J connectivity index is 2.23. The maximum absolute atomic E-state index is 11.9. The quantitative estimate of drug-likeness (QED) is 0.470. The van der Waals surface area contributed by atoms with Gasteiger partial charge in [-0.1, -0.05) is 39.0 Å². The summed E-state index contributed by atoms with van der Waals surface area (Å²) in [5.41, 5.74) is 0.796. The summed E-state index contributed by atoms with van der Waals surface area (Å²) in [6.45, 7) is 2.22. The molecule has 18 heavy (non-hydrogen) atoms. The molecule has 0 N–H and O–H groups in total. The molecule has 0 aliphatic rings. The van der Waals surface area contributed by atoms with Crippen LogP contribution >= 0.6 is 0 Å². The number of hydrogen-bond donors (Lipinski definition) is 0. The van der Waals surface area contributed by atoms with Crippen molar-refractivity contribution in [1.82, 2.24) is 0 Å². The Hall–Kier alpha value is -1.31. The lowest BCUT2D eigenvalue weighted by molar-refractivity contribution is 0.0979. The maximum atomic E-state index is 11.9. The highest BCUT2D eigenvalue weighted by Crippen LogP contribution is 2.14. The van der Waals surface area contributed by atoms with E-state index in [-0.39, 0.29) is 5.78 Å². The van der Waals surface area contributed by atoms with Gasteiger partial charge in [0.2, 0.25) is 0 Å². The number of carbonyl (C=O) groups is 1. The van der Waals surface area contributed by atoms with Crippen molar-refractivity contribution in [3.05, 3.63) is 29.8 Å². The van der Waals surface area contributed by atoms with E-state index in [2.05, 4.69) is 6.92 Å². The van der Waals surface area contributed by atoms with E-state index in [1.54, 1.807) is 7.11 Å². The van der Waals surface area contributed by atoms with Crippen LogP contribution in [-0.4, -0.2) is 12.9 Å². The fraction of sp³-hybridized carbons (Fsp3) is 0.562. The average molecular weight is 248 g/mol. The summed E-state index contributed by atoms with van der Waals surface area (Å²) in [6.07, 6.45) is 7.98. The number of methoxy groups -OCH3 is 1. The van der Waals surface area contributed by atoms with E-state index in [0.29, 0.717) is 6.42 Å². The van der Waals surface area contributed by atoms with Crippen molar-refractivity contribution in [3.63, 3.8) is 0 Å². The molecule has 0 aliphatic heterocycles. The van der Waals surface area contributed by atoms with E-state index in [9.17, 15) is 4.79 Å². The van der Waals surface area contributed by atoms with Crippen molar-refractivity contribution in [3.8, 4) is 5.75 Å². The Morgan fingerprint density at radius 1 is 1.00 bits per heavy atom. The van der Waals surface area contributed by atoms with Crippen LogP contribution in [0.3, 0.4) is 0 Å². The minimum absolute atomic E-state index is 0.244. The molecule has 0 bridgehead atoms. The summed E-state index contributed by atoms with van der Waals surface area (Å²) in [5.74, 6) is 1.04. The molecule has 0 spiro atoms. The van der Waals surface area contributed by atoms with Crippen LogP contribution in [0, 0.1) is 0 Å². The summed E-state index contributed by atoms with van der Waals surface area (Å²) in [6, 6.07) is 7.37. The highest BCUT2D eigenvalue weighted by molar-refractivity contribution is 5.96. The molecule has 0 amide bonds. The van der Waals surface area contributed by atoms with Gasteiger partial charge in [-0.2, -0.15) is 0 Å². The van der Waals surface area contributed by atoms with E-state index >= 15 is 0 Å². The Bertz CT molecular complexity index is 341. The Morgan fingerprint density at radius 2 is 1.61 bits per heavy atom. The van der Waals surface area contributed by atoms with Crippen LogP contribution in [0.2, 0.25) is 0 Å². The highest BCUT2D eigenvalue weighted by Gasteiger charge is 2.05. The molecule has 0 saturated carbocycles. The molecule has 0 radical (unpaired) electrons. The SMILES string of the molecule is CCCCCCCCC(=O)c1ccc(OC)cc1. The second-order valence-corrected chi connectivity index (χ2v) is 4.67. The zero-order valence-corrected chi connectivity index (χ0v) is 11.6. The fourth-order valence-corrected chi connectivity index (χ4v) is 1.99. The zero-order chi connectivity index (χ0) is 13.2. The molecule has 0 aliphatic carbocycles. The summed E-state index contributed by atoms with van der Waals surface area (Å²) in [7, 11) is 1.63. The molecule has 0 heterocycles. The van der Waals surface area contributed by atoms with Gasteiger partial charge in [-0.25, -0.2) is 0 Å². The molecule has 0 saturated heterocycles. The van der Waals surface area contributed by atoms with Crippen LogP contribution in [0.5, 0.6) is 5.75 Å². The van der Waals surface area contributed by atoms with E-state index in [1.807, 2.05) is 24.3 Å². The lowest BCUT2D eigenvalue weighted by Crippen LogP contribution is -1.98. The lowest BCUT2D eigenvalue weighted by atomic mass is 10.0. The number of ether oxygens (including phenoxy) is 1. The minimum Gasteiger partial charge on any atom is -0.497 e. The highest BCUT2D eigenvalue weighted by atomic mass is 16.5. The van der Waals surface area contributed by atoms with Crippen molar-refractivity contribution in [2.45, 2.75) is 51.9 Å². The standard InChI is InChI=1S/C16H24O2/c1-3-4-5-6-7-8-9-16(17)14-10-12-15(18-2)13-11-14/h10-13H,3-9H2,1-2H3. The normalized spacial score (nSPS) is 10.3. The fourth-order valence-electron chi connectivity index (χ4n) is 1.99. The van der Waals surface area contributed by atoms with E-state index < -0.39 is 0 Å². The largest absolute Gasteiger partial charge is 0.497 e. The third-order valence-corrected chi connectivity index (χ3v) is 3.17. The second-order valence-electron chi connectivity index (χ2n) is 4.67. The predicted octanol–water partition coefficient (Wildman–Crippen LogP) is 4.63. The lowest BCUT2D eigenvalue weighted by Gasteiger charge is -2.03. The monoisotopic (exact) mass is 248 g/mol. The maximum Gasteiger partial charge on any atom is 0.162 e. The van der Waals surface area contributed by atoms with Gasteiger partial charge in [0, 0.05) is 12.0 Å². The van der Waals surface area contributed by atoms with E-state index in [1.165, 1.54) is 32.1 Å². The minimum atomic E-state index is 0.244. The van der Waals surface area contributed by atoms with Crippen molar-refractivity contribution in [2.24, 2.45) is 0 Å². The molecule has 0 atom stereocenters. The number of ketones is 1. The molecule has 2 heteroatoms. The number of unbranched alkanes of at least 4 members (excludes halogenated alkanes) is 5. The average Bonchev–Trinajstić information content (AvgIpc) is 2.42. The van der Waals surface area contributed by atoms with Gasteiger partial charge >= 0.3 is 0 Å². The Labute approximate surface area is 110 Å². The first-order valence-corrected chi connectivity index (χ1v) is 6.95. The van der Waals surface area contributed by atoms with Gasteiger partial charge in [-0.05, 0) is 30.7 Å². The number of benzene rings is 1. The van der Waals surface area contributed by atoms with E-state index in [4.69, 9.17) is 4.74 Å². The van der Waals surface area contributed by atoms with Crippen molar-refractivity contribution >= 4 is 5.78 Å². The summed E-state index contributed by atoms with van der Waals surface area (Å²) < 4.78 is 5.07. The molecular formula is C16H24O2. The second kappa shape index (κ2) is 8.73. The molecule has 1 aromatic carbocycles. The van der Waals surface area contributed by atoms with Gasteiger partial charge in [-0.15, -0.1) is 0 Å². The van der Waals surface area contributed by atoms with Gasteiger partial charge < -0.3 is 4.74 Å². The van der Waals surface area contributed by atoms with Crippen LogP contribution in [-0.2, 0) is 0 Å². The molecule has 1 aromatic rings. The topological polar surface area (TPSA) is 26.3 Å². The molecule has 0 aromatic heterocycles. The van der Waals surface area contributed by atoms with Gasteiger partial charge in [0.05, 0.1) is 7.11 Å². The van der Waals surface area contributed by atoms with Gasteiger partial charge in [0.1, 0.15) is 5.75 Å². The third-order valence-electron chi connectivity index (χ3n) is 3.17. The van der Waals surface area contributed by atoms with Gasteiger partial charge in [0.15, 0.2) is 5.78 Å². The van der Waals surface area contributed by atoms with Crippen LogP contribution in [0.15, 0.2) is 24.3 Å². The third kappa shape index (κ3) is 5.35. The van der Waals surface area contributed by atoms with Gasteiger partial charge in [-0.3, -0.25) is 4.79 Å². The first-order chi connectivity index (χ1) is 8.77. The summed E-state index contributed by atoms with van der Waals surface area (Å²) >= 11 is 0. The van der Waals surface area contributed by atoms with Crippen LogP contribution in [0.4, 0.5) is 0 Å². The summed E-state index contributed by atoms with van der Waals surface area (Å²) in [5, 5.41) is 0. The molecule has 1 rings (SSSR count). The van der Waals surface area contributed by atoms with Crippen molar-refractivity contribution in [2.75, 3.05) is 7.11 Å². The van der Waals surface area contributed by atoms with Crippen molar-refractivity contribution in [1.29, 1.82) is 0 Å². The predicted molar refractivity (Wildman–Crippen MR) is 75.3 cm³/mol.